The number of piperidine rings is 1. The highest BCUT2D eigenvalue weighted by Gasteiger charge is 2.29. The second-order valence-corrected chi connectivity index (χ2v) is 7.76. The van der Waals surface area contributed by atoms with E-state index in [4.69, 9.17) is 10.5 Å². The van der Waals surface area contributed by atoms with Crippen LogP contribution in [0.3, 0.4) is 0 Å². The zero-order valence-electron chi connectivity index (χ0n) is 16.6. The normalized spacial score (nSPS) is 23.7. The van der Waals surface area contributed by atoms with E-state index in [1.54, 1.807) is 12.1 Å². The van der Waals surface area contributed by atoms with Gasteiger partial charge in [-0.2, -0.15) is 0 Å². The molecular formula is C19H31N5O5. The molecule has 2 unspecified atom stereocenters. The Kier molecular flexibility index (Phi) is 7.62. The molecule has 10 heteroatoms. The van der Waals surface area contributed by atoms with E-state index >= 15 is 0 Å². The van der Waals surface area contributed by atoms with Gasteiger partial charge in [0.25, 0.3) is 5.69 Å². The minimum atomic E-state index is -0.434. The van der Waals surface area contributed by atoms with Crippen LogP contribution in [0, 0.1) is 10.1 Å². The first-order chi connectivity index (χ1) is 14.0. The van der Waals surface area contributed by atoms with E-state index in [9.17, 15) is 20.3 Å². The zero-order valence-corrected chi connectivity index (χ0v) is 16.6. The van der Waals surface area contributed by atoms with E-state index in [2.05, 4.69) is 15.1 Å². The van der Waals surface area contributed by atoms with Gasteiger partial charge in [-0.1, -0.05) is 0 Å². The number of hydrogen-bond donors (Lipinski definition) is 4. The highest BCUT2D eigenvalue weighted by atomic mass is 16.6. The summed E-state index contributed by atoms with van der Waals surface area (Å²) in [5, 5.41) is 33.4. The molecule has 0 bridgehead atoms. The van der Waals surface area contributed by atoms with Crippen molar-refractivity contribution < 1.29 is 19.9 Å². The van der Waals surface area contributed by atoms with Crippen LogP contribution in [0.5, 0.6) is 0 Å². The van der Waals surface area contributed by atoms with Crippen molar-refractivity contribution in [2.24, 2.45) is 0 Å². The molecule has 0 amide bonds. The quantitative estimate of drug-likeness (QED) is 0.241. The first-order valence-corrected chi connectivity index (χ1v) is 10.1. The van der Waals surface area contributed by atoms with Crippen molar-refractivity contribution in [2.75, 3.05) is 63.5 Å². The average Bonchev–Trinajstić information content (AvgIpc) is 2.67. The number of benzene rings is 1. The lowest BCUT2D eigenvalue weighted by atomic mass is 10.0. The second kappa shape index (κ2) is 10.2. The molecule has 0 saturated carbocycles. The van der Waals surface area contributed by atoms with E-state index in [1.165, 1.54) is 6.07 Å². The van der Waals surface area contributed by atoms with Gasteiger partial charge in [-0.25, -0.2) is 0 Å². The summed E-state index contributed by atoms with van der Waals surface area (Å²) < 4.78 is 5.91. The van der Waals surface area contributed by atoms with Crippen LogP contribution in [0.1, 0.15) is 12.8 Å². The molecule has 3 rings (SSSR count). The van der Waals surface area contributed by atoms with E-state index in [0.29, 0.717) is 30.9 Å². The van der Waals surface area contributed by atoms with Crippen LogP contribution in [0.15, 0.2) is 18.2 Å². The maximum atomic E-state index is 11.1. The number of hydrogen-bond acceptors (Lipinski definition) is 9. The van der Waals surface area contributed by atoms with Gasteiger partial charge in [0.15, 0.2) is 0 Å². The monoisotopic (exact) mass is 409 g/mol. The number of rotatable bonds is 10. The van der Waals surface area contributed by atoms with Gasteiger partial charge in [0.05, 0.1) is 30.3 Å². The molecule has 1 aromatic carbocycles. The Balaban J connectivity index is 1.30. The third-order valence-corrected chi connectivity index (χ3v) is 5.64. The lowest BCUT2D eigenvalue weighted by Gasteiger charge is -2.40. The van der Waals surface area contributed by atoms with Crippen LogP contribution in [0.25, 0.3) is 0 Å². The summed E-state index contributed by atoms with van der Waals surface area (Å²) >= 11 is 0. The minimum absolute atomic E-state index is 0.0127. The van der Waals surface area contributed by atoms with Gasteiger partial charge in [-0.15, -0.1) is 0 Å². The number of nitrogens with one attached hydrogen (secondary N) is 1. The second-order valence-electron chi connectivity index (χ2n) is 7.76. The number of nitro groups is 1. The van der Waals surface area contributed by atoms with Crippen molar-refractivity contribution >= 4 is 17.1 Å². The fourth-order valence-corrected chi connectivity index (χ4v) is 3.91. The van der Waals surface area contributed by atoms with Gasteiger partial charge in [0.2, 0.25) is 0 Å². The Morgan fingerprint density at radius 3 is 2.86 bits per heavy atom. The maximum absolute atomic E-state index is 11.1. The molecule has 0 spiro atoms. The topological polar surface area (TPSA) is 137 Å². The van der Waals surface area contributed by atoms with Crippen LogP contribution in [0.4, 0.5) is 17.1 Å². The zero-order chi connectivity index (χ0) is 20.8. The highest BCUT2D eigenvalue weighted by molar-refractivity contribution is 5.66. The molecule has 5 N–H and O–H groups in total. The molecule has 29 heavy (non-hydrogen) atoms. The summed E-state index contributed by atoms with van der Waals surface area (Å²) in [4.78, 5) is 15.1. The molecule has 2 heterocycles. The number of ether oxygens (including phenoxy) is 1. The number of likely N-dealkylation sites (tertiary alicyclic amines) is 2. The van der Waals surface area contributed by atoms with Crippen molar-refractivity contribution in [3.63, 3.8) is 0 Å². The van der Waals surface area contributed by atoms with E-state index in [1.807, 2.05) is 0 Å². The Bertz CT molecular complexity index is 685. The fraction of sp³-hybridized carbons (Fsp3) is 0.684. The fourth-order valence-electron chi connectivity index (χ4n) is 3.91. The van der Waals surface area contributed by atoms with Crippen molar-refractivity contribution in [3.05, 3.63) is 28.3 Å². The Hall–Kier alpha value is -1.98. The molecule has 2 aliphatic rings. The lowest BCUT2D eigenvalue weighted by molar-refractivity contribution is -0.383. The van der Waals surface area contributed by atoms with Crippen molar-refractivity contribution in [1.29, 1.82) is 0 Å². The van der Waals surface area contributed by atoms with Gasteiger partial charge >= 0.3 is 0 Å². The van der Waals surface area contributed by atoms with Gasteiger partial charge in [0, 0.05) is 57.1 Å². The summed E-state index contributed by atoms with van der Waals surface area (Å²) in [5.41, 5.74) is 6.45. The smallest absolute Gasteiger partial charge is 0.294 e. The highest BCUT2D eigenvalue weighted by Crippen LogP contribution is 2.26. The first kappa shape index (κ1) is 21.7. The standard InChI is InChI=1S/C19H31N5O5/c20-14-1-2-18(19(9-14)24(27)28)21-4-6-22-11-17(12-22)29-8-7-23-5-3-16(26)10-15(23)13-25/h1-2,9,15-17,21,25-26H,3-8,10-13,20H2. The molecule has 0 radical (unpaired) electrons. The van der Waals surface area contributed by atoms with Gasteiger partial charge in [0.1, 0.15) is 5.69 Å². The molecule has 162 valence electrons. The lowest BCUT2D eigenvalue weighted by Crippen LogP contribution is -2.54. The predicted octanol–water partition coefficient (Wildman–Crippen LogP) is 0.107. The molecule has 2 aliphatic heterocycles. The molecule has 0 aromatic heterocycles. The van der Waals surface area contributed by atoms with Crippen LogP contribution < -0.4 is 11.1 Å². The third kappa shape index (κ3) is 6.00. The largest absolute Gasteiger partial charge is 0.399 e. The van der Waals surface area contributed by atoms with E-state index in [0.717, 1.165) is 39.1 Å². The van der Waals surface area contributed by atoms with E-state index in [-0.39, 0.29) is 30.5 Å². The SMILES string of the molecule is Nc1ccc(NCCN2CC(OCCN3CCC(O)CC3CO)C2)c([N+](=O)[O-])c1. The molecule has 1 aromatic rings. The number of nitrogens with zero attached hydrogens (tertiary/aromatic N) is 3. The Morgan fingerprint density at radius 2 is 2.14 bits per heavy atom. The minimum Gasteiger partial charge on any atom is -0.399 e. The first-order valence-electron chi connectivity index (χ1n) is 10.1. The summed E-state index contributed by atoms with van der Waals surface area (Å²) in [7, 11) is 0. The van der Waals surface area contributed by atoms with Crippen molar-refractivity contribution in [3.8, 4) is 0 Å². The van der Waals surface area contributed by atoms with Gasteiger partial charge < -0.3 is 26.0 Å². The summed E-state index contributed by atoms with van der Waals surface area (Å²) in [6.07, 6.45) is 1.25. The van der Waals surface area contributed by atoms with E-state index < -0.39 is 4.92 Å². The number of nitro benzene ring substituents is 1. The molecule has 0 aliphatic carbocycles. The summed E-state index contributed by atoms with van der Waals surface area (Å²) in [6.45, 7) is 5.28. The molecule has 2 saturated heterocycles. The van der Waals surface area contributed by atoms with Gasteiger partial charge in [-0.05, 0) is 25.0 Å². The Morgan fingerprint density at radius 1 is 1.34 bits per heavy atom. The van der Waals surface area contributed by atoms with Crippen LogP contribution in [0.2, 0.25) is 0 Å². The van der Waals surface area contributed by atoms with Crippen LogP contribution in [-0.2, 0) is 4.74 Å². The number of aliphatic hydroxyl groups excluding tert-OH is 2. The molecule has 10 nitrogen and oxygen atoms in total. The van der Waals surface area contributed by atoms with Crippen molar-refractivity contribution in [2.45, 2.75) is 31.1 Å². The summed E-state index contributed by atoms with van der Waals surface area (Å²) in [5.74, 6) is 0. The molecular weight excluding hydrogens is 378 g/mol. The number of nitrogens with two attached hydrogens (primary N) is 1. The predicted molar refractivity (Wildman–Crippen MR) is 110 cm³/mol. The molecule has 2 atom stereocenters. The van der Waals surface area contributed by atoms with Crippen molar-refractivity contribution in [1.82, 2.24) is 9.80 Å². The summed E-state index contributed by atoms with van der Waals surface area (Å²) in [6, 6.07) is 4.66. The Labute approximate surface area is 170 Å². The maximum Gasteiger partial charge on any atom is 0.294 e. The van der Waals surface area contributed by atoms with Crippen LogP contribution >= 0.6 is 0 Å². The van der Waals surface area contributed by atoms with Gasteiger partial charge in [-0.3, -0.25) is 19.9 Å². The molecule has 2 fully saturated rings. The van der Waals surface area contributed by atoms with Crippen LogP contribution in [-0.4, -0.2) is 95.7 Å². The number of anilines is 2. The average molecular weight is 409 g/mol. The number of aliphatic hydroxyl groups is 2. The third-order valence-electron chi connectivity index (χ3n) is 5.64. The number of nitrogen functional groups attached to an aromatic ring is 1.